The molecule has 3 rings (SSSR count). The third-order valence-electron chi connectivity index (χ3n) is 4.44. The van der Waals surface area contributed by atoms with Gasteiger partial charge in [-0.15, -0.1) is 0 Å². The lowest BCUT2D eigenvalue weighted by Crippen LogP contribution is -2.36. The molecule has 1 N–H and O–H groups in total. The number of oxazole rings is 1. The second-order valence-electron chi connectivity index (χ2n) is 6.25. The first-order valence-corrected chi connectivity index (χ1v) is 8.63. The summed E-state index contributed by atoms with van der Waals surface area (Å²) in [5.41, 5.74) is 0.916. The third-order valence-corrected chi connectivity index (χ3v) is 4.44. The summed E-state index contributed by atoms with van der Waals surface area (Å²) >= 11 is 0. The SMILES string of the molecule is COc1cccc(-c2cnc(CCC(=O)NC3CCCCC3)o2)c1. The van der Waals surface area contributed by atoms with Crippen LogP contribution in [0.5, 0.6) is 5.75 Å². The molecule has 0 radical (unpaired) electrons. The van der Waals surface area contributed by atoms with Gasteiger partial charge in [-0.2, -0.15) is 0 Å². The Balaban J connectivity index is 1.53. The van der Waals surface area contributed by atoms with Crippen molar-refractivity contribution < 1.29 is 13.9 Å². The van der Waals surface area contributed by atoms with Crippen molar-refractivity contribution in [3.8, 4) is 17.1 Å². The van der Waals surface area contributed by atoms with Crippen molar-refractivity contribution in [3.05, 3.63) is 36.4 Å². The van der Waals surface area contributed by atoms with E-state index in [-0.39, 0.29) is 5.91 Å². The molecule has 1 saturated carbocycles. The van der Waals surface area contributed by atoms with Crippen molar-refractivity contribution in [1.82, 2.24) is 10.3 Å². The number of aromatic nitrogens is 1. The largest absolute Gasteiger partial charge is 0.497 e. The van der Waals surface area contributed by atoms with Crippen molar-refractivity contribution in [1.29, 1.82) is 0 Å². The first-order valence-electron chi connectivity index (χ1n) is 8.63. The fraction of sp³-hybridized carbons (Fsp3) is 0.474. The van der Waals surface area contributed by atoms with Crippen molar-refractivity contribution >= 4 is 5.91 Å². The number of benzene rings is 1. The van der Waals surface area contributed by atoms with Gasteiger partial charge < -0.3 is 14.5 Å². The maximum absolute atomic E-state index is 12.0. The zero-order valence-electron chi connectivity index (χ0n) is 14.1. The number of carbonyl (C=O) groups excluding carboxylic acids is 1. The molecular formula is C19H24N2O3. The molecule has 5 heteroatoms. The number of nitrogens with zero attached hydrogens (tertiary/aromatic N) is 1. The lowest BCUT2D eigenvalue weighted by molar-refractivity contribution is -0.122. The Morgan fingerprint density at radius 3 is 2.96 bits per heavy atom. The maximum atomic E-state index is 12.0. The first-order chi connectivity index (χ1) is 11.7. The van der Waals surface area contributed by atoms with Gasteiger partial charge in [0.15, 0.2) is 11.7 Å². The molecular weight excluding hydrogens is 304 g/mol. The molecule has 1 aliphatic rings. The number of aryl methyl sites for hydroxylation is 1. The van der Waals surface area contributed by atoms with E-state index in [1.807, 2.05) is 24.3 Å². The highest BCUT2D eigenvalue weighted by atomic mass is 16.5. The van der Waals surface area contributed by atoms with Crippen molar-refractivity contribution in [2.45, 2.75) is 51.0 Å². The number of amides is 1. The standard InChI is InChI=1S/C19H24N2O3/c1-23-16-9-5-6-14(12-16)17-13-20-19(24-17)11-10-18(22)21-15-7-3-2-4-8-15/h5-6,9,12-13,15H,2-4,7-8,10-11H2,1H3,(H,21,22). The van der Waals surface area contributed by atoms with E-state index in [0.29, 0.717) is 30.5 Å². The first kappa shape index (κ1) is 16.6. The van der Waals surface area contributed by atoms with E-state index in [1.54, 1.807) is 13.3 Å². The molecule has 0 aliphatic heterocycles. The molecule has 1 aromatic heterocycles. The summed E-state index contributed by atoms with van der Waals surface area (Å²) in [4.78, 5) is 16.3. The zero-order valence-corrected chi connectivity index (χ0v) is 14.1. The number of methoxy groups -OCH3 is 1. The summed E-state index contributed by atoms with van der Waals surface area (Å²) in [6, 6.07) is 8.00. The number of carbonyl (C=O) groups is 1. The number of hydrogen-bond donors (Lipinski definition) is 1. The smallest absolute Gasteiger partial charge is 0.220 e. The molecule has 0 unspecified atom stereocenters. The van der Waals surface area contributed by atoms with Crippen LogP contribution in [0.15, 0.2) is 34.9 Å². The number of nitrogens with one attached hydrogen (secondary N) is 1. The fourth-order valence-corrected chi connectivity index (χ4v) is 3.10. The summed E-state index contributed by atoms with van der Waals surface area (Å²) in [6.45, 7) is 0. The van der Waals surface area contributed by atoms with Gasteiger partial charge in [-0.3, -0.25) is 4.79 Å². The van der Waals surface area contributed by atoms with Gasteiger partial charge in [0, 0.05) is 24.4 Å². The average Bonchev–Trinajstić information content (AvgIpc) is 3.10. The Morgan fingerprint density at radius 1 is 1.33 bits per heavy atom. The summed E-state index contributed by atoms with van der Waals surface area (Å²) in [5.74, 6) is 2.14. The van der Waals surface area contributed by atoms with Crippen LogP contribution in [0.4, 0.5) is 0 Å². The Labute approximate surface area is 142 Å². The van der Waals surface area contributed by atoms with Crippen molar-refractivity contribution in [3.63, 3.8) is 0 Å². The third kappa shape index (κ3) is 4.37. The average molecular weight is 328 g/mol. The Hall–Kier alpha value is -2.30. The zero-order chi connectivity index (χ0) is 16.8. The molecule has 1 aromatic carbocycles. The Morgan fingerprint density at radius 2 is 2.17 bits per heavy atom. The van der Waals surface area contributed by atoms with Crippen LogP contribution in [0.25, 0.3) is 11.3 Å². The van der Waals surface area contributed by atoms with Crippen LogP contribution in [-0.4, -0.2) is 24.0 Å². The minimum absolute atomic E-state index is 0.0861. The highest BCUT2D eigenvalue weighted by molar-refractivity contribution is 5.76. The molecule has 0 saturated heterocycles. The highest BCUT2D eigenvalue weighted by Crippen LogP contribution is 2.24. The van der Waals surface area contributed by atoms with Crippen LogP contribution in [-0.2, 0) is 11.2 Å². The van der Waals surface area contributed by atoms with Gasteiger partial charge in [0.1, 0.15) is 5.75 Å². The molecule has 24 heavy (non-hydrogen) atoms. The summed E-state index contributed by atoms with van der Waals surface area (Å²) in [5, 5.41) is 3.12. The second kappa shape index (κ2) is 7.99. The van der Waals surface area contributed by atoms with E-state index in [9.17, 15) is 4.79 Å². The summed E-state index contributed by atoms with van der Waals surface area (Å²) in [7, 11) is 1.63. The van der Waals surface area contributed by atoms with E-state index >= 15 is 0 Å². The number of ether oxygens (including phenoxy) is 1. The lowest BCUT2D eigenvalue weighted by Gasteiger charge is -2.22. The maximum Gasteiger partial charge on any atom is 0.220 e. The van der Waals surface area contributed by atoms with Crippen LogP contribution >= 0.6 is 0 Å². The van der Waals surface area contributed by atoms with Gasteiger partial charge in [-0.05, 0) is 25.0 Å². The Kier molecular flexibility index (Phi) is 5.51. The normalized spacial score (nSPS) is 15.2. The minimum Gasteiger partial charge on any atom is -0.497 e. The van der Waals surface area contributed by atoms with Gasteiger partial charge in [0.2, 0.25) is 5.91 Å². The molecule has 128 valence electrons. The highest BCUT2D eigenvalue weighted by Gasteiger charge is 2.16. The topological polar surface area (TPSA) is 64.4 Å². The molecule has 1 heterocycles. The van der Waals surface area contributed by atoms with Gasteiger partial charge in [-0.25, -0.2) is 4.98 Å². The van der Waals surface area contributed by atoms with Crippen LogP contribution in [0.2, 0.25) is 0 Å². The quantitative estimate of drug-likeness (QED) is 0.877. The second-order valence-corrected chi connectivity index (χ2v) is 6.25. The molecule has 1 amide bonds. The summed E-state index contributed by atoms with van der Waals surface area (Å²) in [6.07, 6.45) is 8.55. The van der Waals surface area contributed by atoms with Crippen LogP contribution in [0, 0.1) is 0 Å². The van der Waals surface area contributed by atoms with Gasteiger partial charge in [0.05, 0.1) is 13.3 Å². The van der Waals surface area contributed by atoms with Gasteiger partial charge >= 0.3 is 0 Å². The molecule has 5 nitrogen and oxygen atoms in total. The molecule has 0 atom stereocenters. The molecule has 1 aliphatic carbocycles. The Bertz CT molecular complexity index is 675. The monoisotopic (exact) mass is 328 g/mol. The predicted octanol–water partition coefficient (Wildman–Crippen LogP) is 3.73. The van der Waals surface area contributed by atoms with E-state index in [1.165, 1.54) is 19.3 Å². The number of hydrogen-bond acceptors (Lipinski definition) is 4. The van der Waals surface area contributed by atoms with Gasteiger partial charge in [0.25, 0.3) is 0 Å². The predicted molar refractivity (Wildman–Crippen MR) is 91.8 cm³/mol. The number of rotatable bonds is 6. The summed E-state index contributed by atoms with van der Waals surface area (Å²) < 4.78 is 11.0. The minimum atomic E-state index is 0.0861. The van der Waals surface area contributed by atoms with E-state index in [4.69, 9.17) is 9.15 Å². The molecule has 0 bridgehead atoms. The lowest BCUT2D eigenvalue weighted by atomic mass is 9.95. The van der Waals surface area contributed by atoms with E-state index in [2.05, 4.69) is 10.3 Å². The van der Waals surface area contributed by atoms with E-state index < -0.39 is 0 Å². The van der Waals surface area contributed by atoms with Crippen LogP contribution in [0.3, 0.4) is 0 Å². The molecule has 0 spiro atoms. The van der Waals surface area contributed by atoms with Crippen LogP contribution in [0.1, 0.15) is 44.4 Å². The van der Waals surface area contributed by atoms with Gasteiger partial charge in [-0.1, -0.05) is 31.4 Å². The van der Waals surface area contributed by atoms with Crippen molar-refractivity contribution in [2.24, 2.45) is 0 Å². The molecule has 1 fully saturated rings. The van der Waals surface area contributed by atoms with E-state index in [0.717, 1.165) is 24.2 Å². The van der Waals surface area contributed by atoms with Crippen LogP contribution < -0.4 is 10.1 Å². The fourth-order valence-electron chi connectivity index (χ4n) is 3.10. The van der Waals surface area contributed by atoms with Crippen molar-refractivity contribution in [2.75, 3.05) is 7.11 Å². The molecule has 2 aromatic rings.